The highest BCUT2D eigenvalue weighted by Gasteiger charge is 2.06. The van der Waals surface area contributed by atoms with Crippen molar-refractivity contribution in [2.24, 2.45) is 0 Å². The van der Waals surface area contributed by atoms with E-state index in [9.17, 15) is 13.2 Å². The zero-order valence-corrected chi connectivity index (χ0v) is 15.1. The first-order chi connectivity index (χ1) is 11.9. The van der Waals surface area contributed by atoms with Crippen molar-refractivity contribution in [2.75, 3.05) is 12.9 Å². The molecule has 1 aromatic carbocycles. The molecule has 1 heterocycles. The van der Waals surface area contributed by atoms with Crippen molar-refractivity contribution in [2.45, 2.75) is 25.5 Å². The summed E-state index contributed by atoms with van der Waals surface area (Å²) >= 11 is 0. The standard InChI is InChI=1S/C18H21NO5S/c1-3-23-18(20)11-7-14-4-8-16(9-5-14)24-17-10-6-15(12-19-17)13-25(2,21)22/h4-6,8-10,12H,3,7,11,13H2,1-2H3. The second-order valence-electron chi connectivity index (χ2n) is 5.63. The van der Waals surface area contributed by atoms with Gasteiger partial charge in [0.1, 0.15) is 5.75 Å². The van der Waals surface area contributed by atoms with E-state index in [4.69, 9.17) is 9.47 Å². The van der Waals surface area contributed by atoms with Crippen LogP contribution in [0.1, 0.15) is 24.5 Å². The summed E-state index contributed by atoms with van der Waals surface area (Å²) in [5, 5.41) is 0. The first-order valence-corrected chi connectivity index (χ1v) is 9.97. The molecule has 0 aliphatic carbocycles. The maximum absolute atomic E-state index is 11.3. The van der Waals surface area contributed by atoms with Crippen LogP contribution in [0.15, 0.2) is 42.6 Å². The average Bonchev–Trinajstić information content (AvgIpc) is 2.55. The van der Waals surface area contributed by atoms with Gasteiger partial charge in [0.25, 0.3) is 0 Å². The van der Waals surface area contributed by atoms with Gasteiger partial charge in [0.05, 0.1) is 12.4 Å². The van der Waals surface area contributed by atoms with Gasteiger partial charge in [0.2, 0.25) is 5.88 Å². The Labute approximate surface area is 147 Å². The Morgan fingerprint density at radius 1 is 1.08 bits per heavy atom. The van der Waals surface area contributed by atoms with E-state index in [-0.39, 0.29) is 11.7 Å². The normalized spacial score (nSPS) is 11.1. The third kappa shape index (κ3) is 6.93. The van der Waals surface area contributed by atoms with Gasteiger partial charge < -0.3 is 9.47 Å². The molecule has 0 radical (unpaired) electrons. The minimum atomic E-state index is -3.08. The third-order valence-electron chi connectivity index (χ3n) is 3.30. The molecule has 25 heavy (non-hydrogen) atoms. The molecule has 0 unspecified atom stereocenters. The number of rotatable bonds is 8. The fraction of sp³-hybridized carbons (Fsp3) is 0.333. The number of benzene rings is 1. The van der Waals surface area contributed by atoms with Crippen molar-refractivity contribution in [1.82, 2.24) is 4.98 Å². The largest absolute Gasteiger partial charge is 0.466 e. The number of carbonyl (C=O) groups excluding carboxylic acids is 1. The molecule has 0 fully saturated rings. The number of ether oxygens (including phenoxy) is 2. The number of sulfone groups is 1. The highest BCUT2D eigenvalue weighted by atomic mass is 32.2. The van der Waals surface area contributed by atoms with Gasteiger partial charge in [-0.25, -0.2) is 13.4 Å². The highest BCUT2D eigenvalue weighted by molar-refractivity contribution is 7.89. The number of nitrogens with zero attached hydrogens (tertiary/aromatic N) is 1. The molecule has 134 valence electrons. The topological polar surface area (TPSA) is 82.6 Å². The highest BCUT2D eigenvalue weighted by Crippen LogP contribution is 2.20. The average molecular weight is 363 g/mol. The molecular weight excluding hydrogens is 342 g/mol. The van der Waals surface area contributed by atoms with E-state index in [1.165, 1.54) is 12.5 Å². The lowest BCUT2D eigenvalue weighted by molar-refractivity contribution is -0.143. The lowest BCUT2D eigenvalue weighted by Crippen LogP contribution is -2.05. The SMILES string of the molecule is CCOC(=O)CCc1ccc(Oc2ccc(CS(C)(=O)=O)cn2)cc1. The van der Waals surface area contributed by atoms with E-state index >= 15 is 0 Å². The number of aromatic nitrogens is 1. The molecule has 0 bridgehead atoms. The lowest BCUT2D eigenvalue weighted by Gasteiger charge is -2.07. The van der Waals surface area contributed by atoms with E-state index in [1.807, 2.05) is 12.1 Å². The molecule has 0 N–H and O–H groups in total. The van der Waals surface area contributed by atoms with Crippen molar-refractivity contribution < 1.29 is 22.7 Å². The maximum atomic E-state index is 11.3. The number of pyridine rings is 1. The van der Waals surface area contributed by atoms with Crippen LogP contribution in [0.25, 0.3) is 0 Å². The minimum Gasteiger partial charge on any atom is -0.466 e. The van der Waals surface area contributed by atoms with Gasteiger partial charge in [-0.2, -0.15) is 0 Å². The van der Waals surface area contributed by atoms with Gasteiger partial charge in [-0.3, -0.25) is 4.79 Å². The molecule has 1 aromatic heterocycles. The second-order valence-corrected chi connectivity index (χ2v) is 7.77. The van der Waals surface area contributed by atoms with Crippen LogP contribution in [-0.4, -0.2) is 32.2 Å². The molecule has 0 aliphatic rings. The molecule has 2 rings (SSSR count). The van der Waals surface area contributed by atoms with Crippen molar-refractivity contribution in [3.05, 3.63) is 53.7 Å². The van der Waals surface area contributed by atoms with Gasteiger partial charge in [-0.15, -0.1) is 0 Å². The minimum absolute atomic E-state index is 0.0462. The van der Waals surface area contributed by atoms with Crippen LogP contribution in [-0.2, 0) is 31.5 Å². The van der Waals surface area contributed by atoms with E-state index in [2.05, 4.69) is 4.98 Å². The first-order valence-electron chi connectivity index (χ1n) is 7.91. The van der Waals surface area contributed by atoms with Gasteiger partial charge in [-0.05, 0) is 36.6 Å². The van der Waals surface area contributed by atoms with Crippen LogP contribution in [0.3, 0.4) is 0 Å². The quantitative estimate of drug-likeness (QED) is 0.671. The zero-order valence-electron chi connectivity index (χ0n) is 14.3. The van der Waals surface area contributed by atoms with E-state index < -0.39 is 9.84 Å². The predicted molar refractivity (Wildman–Crippen MR) is 94.3 cm³/mol. The first kappa shape index (κ1) is 18.9. The van der Waals surface area contributed by atoms with Crippen molar-refractivity contribution in [1.29, 1.82) is 0 Å². The fourth-order valence-corrected chi connectivity index (χ4v) is 2.96. The van der Waals surface area contributed by atoms with Crippen LogP contribution >= 0.6 is 0 Å². The summed E-state index contributed by atoms with van der Waals surface area (Å²) in [5.74, 6) is 0.746. The monoisotopic (exact) mass is 363 g/mol. The molecule has 6 nitrogen and oxygen atoms in total. The smallest absolute Gasteiger partial charge is 0.306 e. The van der Waals surface area contributed by atoms with E-state index in [0.29, 0.717) is 36.6 Å². The van der Waals surface area contributed by atoms with Crippen LogP contribution in [0, 0.1) is 0 Å². The fourth-order valence-electron chi connectivity index (χ4n) is 2.18. The second kappa shape index (κ2) is 8.62. The van der Waals surface area contributed by atoms with Gasteiger partial charge in [-0.1, -0.05) is 18.2 Å². The summed E-state index contributed by atoms with van der Waals surface area (Å²) in [6.45, 7) is 2.17. The molecule has 0 saturated carbocycles. The summed E-state index contributed by atoms with van der Waals surface area (Å²) < 4.78 is 33.0. The number of aryl methyl sites for hydroxylation is 1. The Morgan fingerprint density at radius 2 is 1.76 bits per heavy atom. The predicted octanol–water partition coefficient (Wildman–Crippen LogP) is 2.91. The Morgan fingerprint density at radius 3 is 2.32 bits per heavy atom. The van der Waals surface area contributed by atoms with Gasteiger partial charge in [0, 0.05) is 24.9 Å². The lowest BCUT2D eigenvalue weighted by atomic mass is 10.1. The summed E-state index contributed by atoms with van der Waals surface area (Å²) in [6, 6.07) is 10.7. The molecule has 0 atom stereocenters. The Bertz CT molecular complexity index is 798. The van der Waals surface area contributed by atoms with Crippen molar-refractivity contribution in [3.8, 4) is 11.6 Å². The summed E-state index contributed by atoms with van der Waals surface area (Å²) in [6.07, 6.45) is 3.62. The molecule has 0 saturated heterocycles. The van der Waals surface area contributed by atoms with Crippen LogP contribution in [0.4, 0.5) is 0 Å². The van der Waals surface area contributed by atoms with E-state index in [0.717, 1.165) is 5.56 Å². The summed E-state index contributed by atoms with van der Waals surface area (Å²) in [4.78, 5) is 15.5. The molecular formula is C18H21NO5S. The number of hydrogen-bond donors (Lipinski definition) is 0. The molecule has 0 amide bonds. The Hall–Kier alpha value is -2.41. The Balaban J connectivity index is 1.91. The number of carbonyl (C=O) groups is 1. The summed E-state index contributed by atoms with van der Waals surface area (Å²) in [5.41, 5.74) is 1.63. The van der Waals surface area contributed by atoms with Crippen LogP contribution in [0.5, 0.6) is 11.6 Å². The van der Waals surface area contributed by atoms with E-state index in [1.54, 1.807) is 31.2 Å². The van der Waals surface area contributed by atoms with Gasteiger partial charge >= 0.3 is 5.97 Å². The number of esters is 1. The zero-order chi connectivity index (χ0) is 18.3. The Kier molecular flexibility index (Phi) is 6.52. The van der Waals surface area contributed by atoms with Crippen molar-refractivity contribution >= 4 is 15.8 Å². The number of hydrogen-bond acceptors (Lipinski definition) is 6. The van der Waals surface area contributed by atoms with Crippen molar-refractivity contribution in [3.63, 3.8) is 0 Å². The maximum Gasteiger partial charge on any atom is 0.306 e. The third-order valence-corrected chi connectivity index (χ3v) is 4.15. The summed E-state index contributed by atoms with van der Waals surface area (Å²) in [7, 11) is -3.08. The molecule has 0 aliphatic heterocycles. The van der Waals surface area contributed by atoms with Crippen LogP contribution in [0.2, 0.25) is 0 Å². The molecule has 2 aromatic rings. The molecule has 7 heteroatoms. The van der Waals surface area contributed by atoms with Gasteiger partial charge in [0.15, 0.2) is 9.84 Å². The van der Waals surface area contributed by atoms with Crippen LogP contribution < -0.4 is 4.74 Å². The molecule has 0 spiro atoms.